The Morgan fingerprint density at radius 2 is 2.18 bits per heavy atom. The molecule has 2 rings (SSSR count). The van der Waals surface area contributed by atoms with E-state index in [2.05, 4.69) is 15.3 Å². The summed E-state index contributed by atoms with van der Waals surface area (Å²) in [5.74, 6) is 0.230. The molecule has 7 heteroatoms. The number of imidazole rings is 1. The lowest BCUT2D eigenvalue weighted by Gasteiger charge is -2.05. The molecule has 0 spiro atoms. The van der Waals surface area contributed by atoms with Crippen LogP contribution < -0.4 is 5.32 Å². The Kier molecular flexibility index (Phi) is 2.99. The minimum Gasteiger partial charge on any atom is -0.360 e. The molecule has 0 aliphatic heterocycles. The van der Waals surface area contributed by atoms with Gasteiger partial charge < -0.3 is 15.4 Å². The fourth-order valence-electron chi connectivity index (χ4n) is 1.44. The normalized spacial score (nSPS) is 10.2. The molecule has 0 atom stereocenters. The maximum Gasteiger partial charge on any atom is 0.406 e. The lowest BCUT2D eigenvalue weighted by molar-refractivity contribution is -0.388. The maximum atomic E-state index is 10.7. The predicted octanol–water partition coefficient (Wildman–Crippen LogP) is 1.34. The van der Waals surface area contributed by atoms with E-state index in [0.717, 1.165) is 5.56 Å². The van der Waals surface area contributed by atoms with Crippen molar-refractivity contribution in [1.82, 2.24) is 14.5 Å². The molecule has 0 amide bonds. The summed E-state index contributed by atoms with van der Waals surface area (Å²) in [4.78, 5) is 17.8. The van der Waals surface area contributed by atoms with Gasteiger partial charge >= 0.3 is 5.82 Å². The molecular formula is C10H11N5O2. The van der Waals surface area contributed by atoms with Gasteiger partial charge in [-0.1, -0.05) is 0 Å². The molecule has 0 radical (unpaired) electrons. The second-order valence-corrected chi connectivity index (χ2v) is 3.49. The molecule has 0 saturated heterocycles. The van der Waals surface area contributed by atoms with Crippen LogP contribution >= 0.6 is 0 Å². The SMILES string of the molecule is Cn1cnc([N+](=O)[O-])c1NCc1ccncc1. The van der Waals surface area contributed by atoms with Crippen LogP contribution in [0.25, 0.3) is 0 Å². The maximum absolute atomic E-state index is 10.7. The van der Waals surface area contributed by atoms with Crippen LogP contribution in [0.15, 0.2) is 30.9 Å². The van der Waals surface area contributed by atoms with Crippen molar-refractivity contribution in [2.24, 2.45) is 7.05 Å². The summed E-state index contributed by atoms with van der Waals surface area (Å²) in [6, 6.07) is 3.68. The van der Waals surface area contributed by atoms with E-state index in [0.29, 0.717) is 12.4 Å². The van der Waals surface area contributed by atoms with Gasteiger partial charge in [-0.3, -0.25) is 9.55 Å². The Hall–Kier alpha value is -2.44. The van der Waals surface area contributed by atoms with Crippen LogP contribution in [-0.2, 0) is 13.6 Å². The Balaban J connectivity index is 2.14. The van der Waals surface area contributed by atoms with Crippen molar-refractivity contribution in [1.29, 1.82) is 0 Å². The van der Waals surface area contributed by atoms with Gasteiger partial charge in [-0.05, 0) is 27.6 Å². The summed E-state index contributed by atoms with van der Waals surface area (Å²) in [5, 5.41) is 13.7. The highest BCUT2D eigenvalue weighted by atomic mass is 16.6. The molecule has 17 heavy (non-hydrogen) atoms. The van der Waals surface area contributed by atoms with Gasteiger partial charge in [-0.15, -0.1) is 0 Å². The number of hydrogen-bond donors (Lipinski definition) is 1. The summed E-state index contributed by atoms with van der Waals surface area (Å²) >= 11 is 0. The summed E-state index contributed by atoms with van der Waals surface area (Å²) in [7, 11) is 1.70. The van der Waals surface area contributed by atoms with Crippen LogP contribution in [0.4, 0.5) is 11.6 Å². The molecule has 0 aromatic carbocycles. The minimum absolute atomic E-state index is 0.165. The highest BCUT2D eigenvalue weighted by molar-refractivity contribution is 5.52. The minimum atomic E-state index is -0.505. The zero-order chi connectivity index (χ0) is 12.3. The Bertz CT molecular complexity index is 523. The molecule has 1 N–H and O–H groups in total. The largest absolute Gasteiger partial charge is 0.406 e. The quantitative estimate of drug-likeness (QED) is 0.636. The van der Waals surface area contributed by atoms with Crippen molar-refractivity contribution < 1.29 is 4.92 Å². The molecule has 0 saturated carbocycles. The average molecular weight is 233 g/mol. The highest BCUT2D eigenvalue weighted by Crippen LogP contribution is 2.21. The third-order valence-electron chi connectivity index (χ3n) is 2.30. The lowest BCUT2D eigenvalue weighted by atomic mass is 10.3. The Labute approximate surface area is 97.3 Å². The zero-order valence-electron chi connectivity index (χ0n) is 9.20. The van der Waals surface area contributed by atoms with Gasteiger partial charge in [0.25, 0.3) is 0 Å². The number of anilines is 1. The van der Waals surface area contributed by atoms with Crippen molar-refractivity contribution in [3.05, 3.63) is 46.5 Å². The molecule has 7 nitrogen and oxygen atoms in total. The van der Waals surface area contributed by atoms with E-state index in [1.165, 1.54) is 6.33 Å². The number of hydrogen-bond acceptors (Lipinski definition) is 5. The fourth-order valence-corrected chi connectivity index (χ4v) is 1.44. The predicted molar refractivity (Wildman–Crippen MR) is 61.4 cm³/mol. The van der Waals surface area contributed by atoms with E-state index in [9.17, 15) is 10.1 Å². The third-order valence-corrected chi connectivity index (χ3v) is 2.30. The smallest absolute Gasteiger partial charge is 0.360 e. The van der Waals surface area contributed by atoms with E-state index in [4.69, 9.17) is 0 Å². The van der Waals surface area contributed by atoms with Crippen molar-refractivity contribution in [3.8, 4) is 0 Å². The van der Waals surface area contributed by atoms with Gasteiger partial charge in [0.1, 0.15) is 0 Å². The van der Waals surface area contributed by atoms with Crippen molar-refractivity contribution in [2.45, 2.75) is 6.54 Å². The molecule has 0 aliphatic rings. The van der Waals surface area contributed by atoms with E-state index in [-0.39, 0.29) is 5.82 Å². The van der Waals surface area contributed by atoms with Gasteiger partial charge in [0, 0.05) is 26.0 Å². The summed E-state index contributed by atoms with van der Waals surface area (Å²) in [6.45, 7) is 0.489. The van der Waals surface area contributed by atoms with Gasteiger partial charge in [-0.25, -0.2) is 0 Å². The van der Waals surface area contributed by atoms with Crippen LogP contribution in [0.5, 0.6) is 0 Å². The van der Waals surface area contributed by atoms with Crippen LogP contribution in [-0.4, -0.2) is 19.5 Å². The number of pyridine rings is 1. The second-order valence-electron chi connectivity index (χ2n) is 3.49. The van der Waals surface area contributed by atoms with Gasteiger partial charge in [0.2, 0.25) is 12.1 Å². The highest BCUT2D eigenvalue weighted by Gasteiger charge is 2.19. The third kappa shape index (κ3) is 2.39. The fraction of sp³-hybridized carbons (Fsp3) is 0.200. The summed E-state index contributed by atoms with van der Waals surface area (Å²) in [5.41, 5.74) is 0.996. The van der Waals surface area contributed by atoms with Crippen LogP contribution in [0.1, 0.15) is 5.56 Å². The zero-order valence-corrected chi connectivity index (χ0v) is 9.20. The summed E-state index contributed by atoms with van der Waals surface area (Å²) < 4.78 is 1.58. The number of rotatable bonds is 4. The molecule has 2 aromatic heterocycles. The van der Waals surface area contributed by atoms with Crippen LogP contribution in [0.3, 0.4) is 0 Å². The number of nitrogens with zero attached hydrogens (tertiary/aromatic N) is 4. The van der Waals surface area contributed by atoms with Crippen molar-refractivity contribution >= 4 is 11.6 Å². The number of nitro groups is 1. The first-order valence-corrected chi connectivity index (χ1v) is 4.97. The number of aryl methyl sites for hydroxylation is 1. The van der Waals surface area contributed by atoms with E-state index in [1.54, 1.807) is 24.0 Å². The van der Waals surface area contributed by atoms with Crippen LogP contribution in [0.2, 0.25) is 0 Å². The molecule has 2 aromatic rings. The average Bonchev–Trinajstić information content (AvgIpc) is 2.69. The van der Waals surface area contributed by atoms with Crippen molar-refractivity contribution in [2.75, 3.05) is 5.32 Å². The molecule has 0 aliphatic carbocycles. The van der Waals surface area contributed by atoms with Gasteiger partial charge in [0.15, 0.2) is 0 Å². The molecule has 88 valence electrons. The van der Waals surface area contributed by atoms with Gasteiger partial charge in [0.05, 0.1) is 0 Å². The first kappa shape index (κ1) is 11.1. The molecule has 0 bridgehead atoms. The molecular weight excluding hydrogens is 222 g/mol. The molecule has 0 fully saturated rings. The first-order valence-electron chi connectivity index (χ1n) is 4.97. The Morgan fingerprint density at radius 3 is 2.82 bits per heavy atom. The standard InChI is InChI=1S/C10H11N5O2/c1-14-7-13-10(15(16)17)9(14)12-6-8-2-4-11-5-3-8/h2-5,7,12H,6H2,1H3. The Morgan fingerprint density at radius 1 is 1.47 bits per heavy atom. The van der Waals surface area contributed by atoms with E-state index in [1.807, 2.05) is 12.1 Å². The monoisotopic (exact) mass is 233 g/mol. The van der Waals surface area contributed by atoms with E-state index >= 15 is 0 Å². The first-order chi connectivity index (χ1) is 8.18. The van der Waals surface area contributed by atoms with Crippen molar-refractivity contribution in [3.63, 3.8) is 0 Å². The number of aromatic nitrogens is 3. The van der Waals surface area contributed by atoms with E-state index < -0.39 is 4.92 Å². The summed E-state index contributed by atoms with van der Waals surface area (Å²) in [6.07, 6.45) is 4.76. The lowest BCUT2D eigenvalue weighted by Crippen LogP contribution is -2.05. The number of nitrogens with one attached hydrogen (secondary N) is 1. The van der Waals surface area contributed by atoms with Crippen LogP contribution in [0, 0.1) is 10.1 Å². The molecule has 0 unspecified atom stereocenters. The molecule has 2 heterocycles. The van der Waals surface area contributed by atoms with Gasteiger partial charge in [-0.2, -0.15) is 0 Å². The second kappa shape index (κ2) is 4.60. The topological polar surface area (TPSA) is 85.9 Å².